The number of amides is 1. The predicted octanol–water partition coefficient (Wildman–Crippen LogP) is 8.65. The molecule has 0 spiro atoms. The first-order valence-electron chi connectivity index (χ1n) is 13.1. The maximum atomic E-state index is 15.2. The van der Waals surface area contributed by atoms with E-state index < -0.39 is 11.7 Å². The molecular formula is C31H30ClF3N2OS. The molecule has 4 aromatic rings. The molecule has 3 nitrogen and oxygen atoms in total. The van der Waals surface area contributed by atoms with Gasteiger partial charge in [-0.1, -0.05) is 60.1 Å². The fourth-order valence-electron chi connectivity index (χ4n) is 5.34. The molecule has 3 aromatic carbocycles. The van der Waals surface area contributed by atoms with Crippen LogP contribution < -0.4 is 5.32 Å². The van der Waals surface area contributed by atoms with E-state index in [2.05, 4.69) is 5.32 Å². The first-order chi connectivity index (χ1) is 18.7. The Hall–Kier alpha value is -2.87. The molecule has 0 unspecified atom stereocenters. The number of thiophene rings is 1. The van der Waals surface area contributed by atoms with Crippen molar-refractivity contribution in [3.05, 3.63) is 93.6 Å². The second-order valence-corrected chi connectivity index (χ2v) is 11.7. The molecule has 0 saturated heterocycles. The van der Waals surface area contributed by atoms with Crippen LogP contribution in [0.2, 0.25) is 5.02 Å². The number of hydrogen-bond acceptors (Lipinski definition) is 3. The number of alkyl halides is 2. The van der Waals surface area contributed by atoms with Crippen molar-refractivity contribution in [1.82, 2.24) is 10.2 Å². The molecule has 1 saturated carbocycles. The van der Waals surface area contributed by atoms with E-state index in [1.54, 1.807) is 29.2 Å². The van der Waals surface area contributed by atoms with Crippen LogP contribution in [-0.2, 0) is 12.5 Å². The maximum absolute atomic E-state index is 15.2. The fourth-order valence-corrected chi connectivity index (χ4v) is 6.81. The molecule has 1 aromatic heterocycles. The third-order valence-electron chi connectivity index (χ3n) is 7.65. The van der Waals surface area contributed by atoms with Crippen LogP contribution in [0.3, 0.4) is 0 Å². The normalized spacial score (nSPS) is 17.9. The number of halogens is 4. The molecule has 1 fully saturated rings. The molecule has 1 amide bonds. The third-order valence-corrected chi connectivity index (χ3v) is 9.31. The van der Waals surface area contributed by atoms with Crippen molar-refractivity contribution in [2.45, 2.75) is 57.2 Å². The predicted molar refractivity (Wildman–Crippen MR) is 153 cm³/mol. The van der Waals surface area contributed by atoms with Gasteiger partial charge in [0.1, 0.15) is 10.7 Å². The molecule has 1 heterocycles. The second kappa shape index (κ2) is 11.3. The summed E-state index contributed by atoms with van der Waals surface area (Å²) in [6.07, 6.45) is 3.44. The van der Waals surface area contributed by atoms with Gasteiger partial charge in [-0.15, -0.1) is 11.3 Å². The zero-order valence-electron chi connectivity index (χ0n) is 21.8. The molecule has 39 heavy (non-hydrogen) atoms. The lowest BCUT2D eigenvalue weighted by molar-refractivity contribution is 0.0175. The van der Waals surface area contributed by atoms with Crippen LogP contribution in [0.25, 0.3) is 21.2 Å². The van der Waals surface area contributed by atoms with Gasteiger partial charge in [0.15, 0.2) is 0 Å². The number of nitrogens with one attached hydrogen (secondary N) is 1. The van der Waals surface area contributed by atoms with E-state index in [0.717, 1.165) is 42.7 Å². The fraction of sp³-hybridized carbons (Fsp3) is 0.323. The maximum Gasteiger partial charge on any atom is 0.270 e. The van der Waals surface area contributed by atoms with Gasteiger partial charge in [-0.3, -0.25) is 4.79 Å². The Morgan fingerprint density at radius 3 is 2.33 bits per heavy atom. The summed E-state index contributed by atoms with van der Waals surface area (Å²) in [7, 11) is 1.94. The van der Waals surface area contributed by atoms with Crippen molar-refractivity contribution in [3.63, 3.8) is 0 Å². The second-order valence-electron chi connectivity index (χ2n) is 10.2. The average molecular weight is 571 g/mol. The Bertz CT molecular complexity index is 1470. The van der Waals surface area contributed by atoms with Gasteiger partial charge < -0.3 is 10.2 Å². The minimum absolute atomic E-state index is 0.0579. The highest BCUT2D eigenvalue weighted by Gasteiger charge is 2.32. The van der Waals surface area contributed by atoms with Crippen LogP contribution in [0.4, 0.5) is 13.2 Å². The summed E-state index contributed by atoms with van der Waals surface area (Å²) in [5, 5.41) is 4.58. The molecular weight excluding hydrogens is 541 g/mol. The van der Waals surface area contributed by atoms with Gasteiger partial charge in [-0.05, 0) is 62.1 Å². The summed E-state index contributed by atoms with van der Waals surface area (Å²) in [5.74, 6) is -3.55. The van der Waals surface area contributed by atoms with Gasteiger partial charge in [0.05, 0.1) is 5.02 Å². The number of carbonyl (C=O) groups is 1. The van der Waals surface area contributed by atoms with E-state index in [1.807, 2.05) is 31.3 Å². The van der Waals surface area contributed by atoms with E-state index in [4.69, 9.17) is 11.6 Å². The molecule has 1 aliphatic carbocycles. The van der Waals surface area contributed by atoms with Gasteiger partial charge in [-0.2, -0.15) is 0 Å². The minimum atomic E-state index is -2.94. The number of nitrogens with zero attached hydrogens (tertiary/aromatic N) is 1. The summed E-state index contributed by atoms with van der Waals surface area (Å²) < 4.78 is 43.5. The lowest BCUT2D eigenvalue weighted by Crippen LogP contribution is -2.44. The number of hydrogen-bond donors (Lipinski definition) is 1. The van der Waals surface area contributed by atoms with Crippen LogP contribution in [0, 0.1) is 5.82 Å². The number of rotatable bonds is 7. The molecule has 0 radical (unpaired) electrons. The summed E-state index contributed by atoms with van der Waals surface area (Å²) in [5.41, 5.74) is 1.69. The Kier molecular flexibility index (Phi) is 8.04. The van der Waals surface area contributed by atoms with E-state index in [-0.39, 0.29) is 24.1 Å². The van der Waals surface area contributed by atoms with Gasteiger partial charge in [-0.25, -0.2) is 13.2 Å². The molecule has 1 aliphatic rings. The third kappa shape index (κ3) is 5.86. The first kappa shape index (κ1) is 27.7. The van der Waals surface area contributed by atoms with Crippen molar-refractivity contribution in [2.24, 2.45) is 0 Å². The van der Waals surface area contributed by atoms with Crippen LogP contribution >= 0.6 is 22.9 Å². The highest BCUT2D eigenvalue weighted by molar-refractivity contribution is 7.21. The van der Waals surface area contributed by atoms with Crippen molar-refractivity contribution in [2.75, 3.05) is 7.05 Å². The van der Waals surface area contributed by atoms with Crippen LogP contribution in [0.15, 0.2) is 66.7 Å². The van der Waals surface area contributed by atoms with Gasteiger partial charge in [0.2, 0.25) is 0 Å². The lowest BCUT2D eigenvalue weighted by atomic mass is 9.89. The van der Waals surface area contributed by atoms with Crippen molar-refractivity contribution in [3.8, 4) is 11.1 Å². The van der Waals surface area contributed by atoms with Crippen LogP contribution in [0.5, 0.6) is 0 Å². The monoisotopic (exact) mass is 570 g/mol. The first-order valence-corrected chi connectivity index (χ1v) is 14.3. The lowest BCUT2D eigenvalue weighted by Gasteiger charge is -2.37. The van der Waals surface area contributed by atoms with E-state index >= 15 is 4.39 Å². The molecule has 204 valence electrons. The largest absolute Gasteiger partial charge is 0.330 e. The number of benzene rings is 3. The topological polar surface area (TPSA) is 32.3 Å². The molecule has 0 aliphatic heterocycles. The van der Waals surface area contributed by atoms with Crippen molar-refractivity contribution in [1.29, 1.82) is 0 Å². The SMILES string of the molecule is CN[C@H]1CC[C@H](N(Cc2cc(-c3ccc(C(C)(F)F)cc3)ccc2F)C(=O)c2sc3ccccc3c2Cl)CC1. The minimum Gasteiger partial charge on any atom is -0.330 e. The Morgan fingerprint density at radius 1 is 1.03 bits per heavy atom. The highest BCUT2D eigenvalue weighted by atomic mass is 35.5. The molecule has 8 heteroatoms. The van der Waals surface area contributed by atoms with E-state index in [9.17, 15) is 13.6 Å². The zero-order chi connectivity index (χ0) is 27.7. The Balaban J connectivity index is 1.48. The van der Waals surface area contributed by atoms with E-state index in [1.165, 1.54) is 29.5 Å². The molecule has 0 bridgehead atoms. The van der Waals surface area contributed by atoms with Crippen LogP contribution in [-0.4, -0.2) is 29.9 Å². The zero-order valence-corrected chi connectivity index (χ0v) is 23.4. The summed E-state index contributed by atoms with van der Waals surface area (Å²) in [6, 6.07) is 18.7. The smallest absolute Gasteiger partial charge is 0.270 e. The highest BCUT2D eigenvalue weighted by Crippen LogP contribution is 2.38. The van der Waals surface area contributed by atoms with E-state index in [0.29, 0.717) is 32.6 Å². The molecule has 1 N–H and O–H groups in total. The molecule has 5 rings (SSSR count). The summed E-state index contributed by atoms with van der Waals surface area (Å²) >= 11 is 8.05. The standard InChI is InChI=1S/C31H30ClF3N2OS/c1-31(34,35)22-10-7-19(8-11-22)20-9-16-26(33)21(17-20)18-37(24-14-12-23(36-2)13-15-24)30(38)29-28(32)25-5-3-4-6-27(25)39-29/h3-11,16-17,23-24,36H,12-15,18H2,1-2H3/t23-,24-. The average Bonchev–Trinajstić information content (AvgIpc) is 3.28. The Morgan fingerprint density at radius 2 is 1.69 bits per heavy atom. The summed E-state index contributed by atoms with van der Waals surface area (Å²) in [4.78, 5) is 16.3. The summed E-state index contributed by atoms with van der Waals surface area (Å²) in [6.45, 7) is 0.944. The van der Waals surface area contributed by atoms with Crippen molar-refractivity contribution < 1.29 is 18.0 Å². The van der Waals surface area contributed by atoms with Gasteiger partial charge in [0.25, 0.3) is 11.8 Å². The number of fused-ring (bicyclic) bond motifs is 1. The quantitative estimate of drug-likeness (QED) is 0.241. The van der Waals surface area contributed by atoms with Crippen LogP contribution in [0.1, 0.15) is 53.4 Å². The number of carbonyl (C=O) groups excluding carboxylic acids is 1. The van der Waals surface area contributed by atoms with Gasteiger partial charge >= 0.3 is 0 Å². The van der Waals surface area contributed by atoms with Crippen molar-refractivity contribution >= 4 is 38.9 Å². The Labute approximate surface area is 235 Å². The van der Waals surface area contributed by atoms with Gasteiger partial charge in [0, 0.05) is 46.8 Å². The molecule has 0 atom stereocenters.